The maximum atomic E-state index is 13.4. The molecule has 6 heteroatoms. The van der Waals surface area contributed by atoms with Gasteiger partial charge >= 0.3 is 0 Å². The Morgan fingerprint density at radius 2 is 1.33 bits per heavy atom. The van der Waals surface area contributed by atoms with Crippen molar-refractivity contribution in [1.29, 1.82) is 0 Å². The Bertz CT molecular complexity index is 1300. The van der Waals surface area contributed by atoms with Gasteiger partial charge in [0.05, 0.1) is 19.6 Å². The summed E-state index contributed by atoms with van der Waals surface area (Å²) in [5, 5.41) is 0.496. The number of rotatable bonds is 8. The topological polar surface area (TPSA) is 67.1 Å². The van der Waals surface area contributed by atoms with Crippen LogP contribution in [0, 0.1) is 13.8 Å². The Kier molecular flexibility index (Phi) is 6.54. The van der Waals surface area contributed by atoms with E-state index in [1.807, 2.05) is 74.5 Å². The summed E-state index contributed by atoms with van der Waals surface area (Å²) in [6, 6.07) is 18.4. The molecule has 0 saturated heterocycles. The third-order valence-electron chi connectivity index (χ3n) is 5.29. The first kappa shape index (κ1) is 22.3. The fraction of sp³-hybridized carbons (Fsp3) is 0.222. The second-order valence-corrected chi connectivity index (χ2v) is 7.65. The van der Waals surface area contributed by atoms with E-state index in [1.54, 1.807) is 14.2 Å². The summed E-state index contributed by atoms with van der Waals surface area (Å²) in [6.07, 6.45) is 0. The van der Waals surface area contributed by atoms with E-state index in [1.165, 1.54) is 0 Å². The van der Waals surface area contributed by atoms with Crippen LogP contribution in [0.2, 0.25) is 0 Å². The normalized spacial score (nSPS) is 10.8. The molecule has 0 fully saturated rings. The highest BCUT2D eigenvalue weighted by Crippen LogP contribution is 2.33. The molecule has 0 aliphatic carbocycles. The van der Waals surface area contributed by atoms with Crippen molar-refractivity contribution in [3.8, 4) is 34.3 Å². The molecule has 6 nitrogen and oxygen atoms in total. The van der Waals surface area contributed by atoms with Crippen LogP contribution in [0.25, 0.3) is 22.3 Å². The summed E-state index contributed by atoms with van der Waals surface area (Å²) in [6.45, 7) is 4.32. The van der Waals surface area contributed by atoms with Crippen LogP contribution in [0.5, 0.6) is 23.0 Å². The summed E-state index contributed by atoms with van der Waals surface area (Å²) in [4.78, 5) is 13.4. The number of hydrogen-bond donors (Lipinski definition) is 0. The van der Waals surface area contributed by atoms with Gasteiger partial charge in [-0.1, -0.05) is 6.07 Å². The van der Waals surface area contributed by atoms with Gasteiger partial charge in [0, 0.05) is 5.56 Å². The fourth-order valence-electron chi connectivity index (χ4n) is 3.67. The fourth-order valence-corrected chi connectivity index (χ4v) is 3.67. The van der Waals surface area contributed by atoms with Gasteiger partial charge in [-0.25, -0.2) is 0 Å². The van der Waals surface area contributed by atoms with Crippen LogP contribution < -0.4 is 24.4 Å². The van der Waals surface area contributed by atoms with E-state index in [2.05, 4.69) is 0 Å². The summed E-state index contributed by atoms with van der Waals surface area (Å²) in [5.74, 6) is 2.69. The Labute approximate surface area is 192 Å². The Morgan fingerprint density at radius 1 is 0.758 bits per heavy atom. The molecule has 1 heterocycles. The molecule has 0 atom stereocenters. The van der Waals surface area contributed by atoms with Crippen molar-refractivity contribution in [1.82, 2.24) is 0 Å². The molecule has 0 spiro atoms. The molecule has 4 rings (SSSR count). The Hall–Kier alpha value is -3.93. The van der Waals surface area contributed by atoms with Gasteiger partial charge in [-0.15, -0.1) is 0 Å². The lowest BCUT2D eigenvalue weighted by Gasteiger charge is -2.14. The minimum absolute atomic E-state index is 0.163. The lowest BCUT2D eigenvalue weighted by molar-refractivity contribution is 0.214. The van der Waals surface area contributed by atoms with Crippen molar-refractivity contribution >= 4 is 11.0 Å². The molecule has 0 N–H and O–H groups in total. The quantitative estimate of drug-likeness (QED) is 0.331. The number of aryl methyl sites for hydroxylation is 2. The monoisotopic (exact) mass is 446 g/mol. The van der Waals surface area contributed by atoms with Gasteiger partial charge in [0.1, 0.15) is 36.0 Å². The smallest absolute Gasteiger partial charge is 0.235 e. The number of fused-ring (bicyclic) bond motifs is 1. The molecule has 0 aliphatic rings. The van der Waals surface area contributed by atoms with E-state index >= 15 is 0 Å². The summed E-state index contributed by atoms with van der Waals surface area (Å²) in [7, 11) is 3.22. The predicted octanol–water partition coefficient (Wildman–Crippen LogP) is 5.55. The molecule has 0 bridgehead atoms. The van der Waals surface area contributed by atoms with Crippen molar-refractivity contribution in [2.24, 2.45) is 0 Å². The van der Waals surface area contributed by atoms with Crippen molar-refractivity contribution < 1.29 is 23.4 Å². The van der Waals surface area contributed by atoms with Crippen LogP contribution in [-0.2, 0) is 0 Å². The number of methoxy groups -OCH3 is 2. The lowest BCUT2D eigenvalue weighted by atomic mass is 10.1. The van der Waals surface area contributed by atoms with Gasteiger partial charge in [0.25, 0.3) is 0 Å². The molecule has 4 aromatic rings. The van der Waals surface area contributed by atoms with Gasteiger partial charge in [-0.3, -0.25) is 4.79 Å². The van der Waals surface area contributed by atoms with Crippen molar-refractivity contribution in [3.63, 3.8) is 0 Å². The van der Waals surface area contributed by atoms with Gasteiger partial charge in [-0.2, -0.15) is 0 Å². The average molecular weight is 446 g/mol. The second kappa shape index (κ2) is 9.69. The molecule has 0 saturated carbocycles. The SMILES string of the molecule is COc1ccc(OCCOc2c(-c3ccc(OC)cc3)oc3c(C)cc(C)cc3c2=O)cc1. The van der Waals surface area contributed by atoms with Crippen LogP contribution in [0.15, 0.2) is 69.9 Å². The van der Waals surface area contributed by atoms with Gasteiger partial charge in [-0.05, 0) is 79.6 Å². The molecule has 1 aromatic heterocycles. The molecule has 0 amide bonds. The van der Waals surface area contributed by atoms with Gasteiger partial charge < -0.3 is 23.4 Å². The Morgan fingerprint density at radius 3 is 1.97 bits per heavy atom. The standard InChI is InChI=1S/C27H26O6/c1-17-15-18(2)25-23(16-17)24(28)27(26(33-25)19-5-7-20(29-3)8-6-19)32-14-13-31-22-11-9-21(30-4)10-12-22/h5-12,15-16H,13-14H2,1-4H3. The number of hydrogen-bond acceptors (Lipinski definition) is 6. The van der Waals surface area contributed by atoms with Crippen molar-refractivity contribution in [2.45, 2.75) is 13.8 Å². The molecule has 0 radical (unpaired) electrons. The highest BCUT2D eigenvalue weighted by molar-refractivity contribution is 5.85. The van der Waals surface area contributed by atoms with E-state index < -0.39 is 0 Å². The second-order valence-electron chi connectivity index (χ2n) is 7.65. The van der Waals surface area contributed by atoms with E-state index in [4.69, 9.17) is 23.4 Å². The van der Waals surface area contributed by atoms with Crippen LogP contribution in [0.1, 0.15) is 11.1 Å². The van der Waals surface area contributed by atoms with E-state index in [9.17, 15) is 4.79 Å². The average Bonchev–Trinajstić information content (AvgIpc) is 2.83. The van der Waals surface area contributed by atoms with Crippen LogP contribution in [0.3, 0.4) is 0 Å². The first-order chi connectivity index (χ1) is 16.0. The van der Waals surface area contributed by atoms with Crippen LogP contribution in [-0.4, -0.2) is 27.4 Å². The molecular formula is C27H26O6. The summed E-state index contributed by atoms with van der Waals surface area (Å²) < 4.78 is 28.3. The highest BCUT2D eigenvalue weighted by atomic mass is 16.5. The number of ether oxygens (including phenoxy) is 4. The maximum Gasteiger partial charge on any atom is 0.235 e. The summed E-state index contributed by atoms with van der Waals surface area (Å²) >= 11 is 0. The van der Waals surface area contributed by atoms with Crippen LogP contribution >= 0.6 is 0 Å². The minimum Gasteiger partial charge on any atom is -0.497 e. The molecule has 33 heavy (non-hydrogen) atoms. The molecular weight excluding hydrogens is 420 g/mol. The zero-order valence-corrected chi connectivity index (χ0v) is 19.1. The number of benzene rings is 3. The predicted molar refractivity (Wildman–Crippen MR) is 128 cm³/mol. The summed E-state index contributed by atoms with van der Waals surface area (Å²) in [5.41, 5.74) is 2.95. The van der Waals surface area contributed by atoms with E-state index in [0.717, 1.165) is 22.4 Å². The third kappa shape index (κ3) is 4.80. The van der Waals surface area contributed by atoms with E-state index in [-0.39, 0.29) is 24.4 Å². The maximum absolute atomic E-state index is 13.4. The van der Waals surface area contributed by atoms with Crippen molar-refractivity contribution in [3.05, 3.63) is 82.0 Å². The molecule has 170 valence electrons. The van der Waals surface area contributed by atoms with Gasteiger partial charge in [0.2, 0.25) is 11.2 Å². The minimum atomic E-state index is -0.210. The first-order valence-corrected chi connectivity index (χ1v) is 10.6. The lowest BCUT2D eigenvalue weighted by Crippen LogP contribution is -2.15. The van der Waals surface area contributed by atoms with Crippen molar-refractivity contribution in [2.75, 3.05) is 27.4 Å². The van der Waals surface area contributed by atoms with E-state index in [0.29, 0.717) is 28.2 Å². The van der Waals surface area contributed by atoms with Crippen LogP contribution in [0.4, 0.5) is 0 Å². The first-order valence-electron chi connectivity index (χ1n) is 10.6. The van der Waals surface area contributed by atoms with Gasteiger partial charge in [0.15, 0.2) is 5.76 Å². The molecule has 3 aromatic carbocycles. The molecule has 0 aliphatic heterocycles. The zero-order valence-electron chi connectivity index (χ0n) is 19.1. The largest absolute Gasteiger partial charge is 0.497 e. The Balaban J connectivity index is 1.65. The zero-order chi connectivity index (χ0) is 23.4. The highest BCUT2D eigenvalue weighted by Gasteiger charge is 2.19. The third-order valence-corrected chi connectivity index (χ3v) is 5.29. The molecule has 0 unspecified atom stereocenters.